The smallest absolute Gasteiger partial charge is 0.253 e. The molecule has 5 nitrogen and oxygen atoms in total. The van der Waals surface area contributed by atoms with E-state index < -0.39 is 0 Å². The summed E-state index contributed by atoms with van der Waals surface area (Å²) in [5.74, 6) is -0.450. The molecule has 4 N–H and O–H groups in total. The highest BCUT2D eigenvalue weighted by atomic mass is 16.2. The first-order valence-corrected chi connectivity index (χ1v) is 6.65. The minimum atomic E-state index is -0.247. The van der Waals surface area contributed by atoms with Gasteiger partial charge in [0.25, 0.3) is 11.8 Å². The van der Waals surface area contributed by atoms with Crippen LogP contribution < -0.4 is 16.4 Å². The number of nitrogens with two attached hydrogens (primary N) is 1. The lowest BCUT2D eigenvalue weighted by Gasteiger charge is -2.11. The molecule has 1 aromatic rings. The molecule has 0 aliphatic rings. The monoisotopic (exact) mass is 275 g/mol. The van der Waals surface area contributed by atoms with Gasteiger partial charge in [-0.3, -0.25) is 9.59 Å². The van der Waals surface area contributed by atoms with Crippen LogP contribution in [0.25, 0.3) is 0 Å². The first-order chi connectivity index (χ1) is 9.60. The number of rotatable bonds is 6. The highest BCUT2D eigenvalue weighted by molar-refractivity contribution is 6.08. The van der Waals surface area contributed by atoms with Crippen molar-refractivity contribution in [3.63, 3.8) is 0 Å². The second-order valence-corrected chi connectivity index (χ2v) is 4.34. The highest BCUT2D eigenvalue weighted by Gasteiger charge is 2.12. The second kappa shape index (κ2) is 8.12. The number of allylic oxidation sites excluding steroid dienone is 1. The van der Waals surface area contributed by atoms with E-state index in [1.165, 1.54) is 0 Å². The topological polar surface area (TPSA) is 84.2 Å². The van der Waals surface area contributed by atoms with Crippen molar-refractivity contribution in [2.24, 2.45) is 5.73 Å². The van der Waals surface area contributed by atoms with E-state index in [1.54, 1.807) is 31.2 Å². The molecular formula is C15H21N3O2. The van der Waals surface area contributed by atoms with Crippen molar-refractivity contribution in [2.45, 2.75) is 20.3 Å². The Morgan fingerprint density at radius 1 is 1.30 bits per heavy atom. The number of para-hydroxylation sites is 1. The molecule has 0 heterocycles. The first kappa shape index (κ1) is 15.9. The Morgan fingerprint density at radius 2 is 2.00 bits per heavy atom. The zero-order valence-electron chi connectivity index (χ0n) is 11.9. The van der Waals surface area contributed by atoms with Crippen molar-refractivity contribution in [2.75, 3.05) is 18.4 Å². The van der Waals surface area contributed by atoms with E-state index in [0.717, 1.165) is 6.42 Å². The van der Waals surface area contributed by atoms with Gasteiger partial charge in [-0.25, -0.2) is 0 Å². The molecular weight excluding hydrogens is 254 g/mol. The summed E-state index contributed by atoms with van der Waals surface area (Å²) in [6, 6.07) is 6.89. The molecule has 0 atom stereocenters. The van der Waals surface area contributed by atoms with E-state index >= 15 is 0 Å². The van der Waals surface area contributed by atoms with E-state index in [4.69, 9.17) is 5.73 Å². The zero-order valence-corrected chi connectivity index (χ0v) is 11.9. The van der Waals surface area contributed by atoms with Crippen LogP contribution in [0.2, 0.25) is 0 Å². The van der Waals surface area contributed by atoms with Crippen LogP contribution >= 0.6 is 0 Å². The van der Waals surface area contributed by atoms with Crippen LogP contribution in [0, 0.1) is 0 Å². The van der Waals surface area contributed by atoms with E-state index in [2.05, 4.69) is 10.6 Å². The Hall–Kier alpha value is -2.14. The SMILES string of the molecule is CC/C=C(/C)C(=O)Nc1ccccc1C(=O)NCCN. The summed E-state index contributed by atoms with van der Waals surface area (Å²) in [5, 5.41) is 5.44. The van der Waals surface area contributed by atoms with Gasteiger partial charge in [0.15, 0.2) is 0 Å². The average Bonchev–Trinajstić information content (AvgIpc) is 2.45. The summed E-state index contributed by atoms with van der Waals surface area (Å²) in [4.78, 5) is 23.9. The predicted octanol–water partition coefficient (Wildman–Crippen LogP) is 1.67. The fourth-order valence-corrected chi connectivity index (χ4v) is 1.69. The average molecular weight is 275 g/mol. The van der Waals surface area contributed by atoms with Crippen molar-refractivity contribution in [3.8, 4) is 0 Å². The van der Waals surface area contributed by atoms with Crippen molar-refractivity contribution >= 4 is 17.5 Å². The van der Waals surface area contributed by atoms with E-state index in [0.29, 0.717) is 29.9 Å². The molecule has 0 unspecified atom stereocenters. The molecule has 0 saturated carbocycles. The quantitative estimate of drug-likeness (QED) is 0.690. The lowest BCUT2D eigenvalue weighted by molar-refractivity contribution is -0.112. The molecule has 2 amide bonds. The number of hydrogen-bond donors (Lipinski definition) is 3. The van der Waals surface area contributed by atoms with Crippen LogP contribution in [-0.2, 0) is 4.79 Å². The highest BCUT2D eigenvalue weighted by Crippen LogP contribution is 2.16. The number of hydrogen-bond acceptors (Lipinski definition) is 3. The molecule has 0 aliphatic carbocycles. The van der Waals surface area contributed by atoms with Gasteiger partial charge in [-0.2, -0.15) is 0 Å². The summed E-state index contributed by atoms with van der Waals surface area (Å²) in [5.41, 5.74) is 6.91. The van der Waals surface area contributed by atoms with Crippen LogP contribution in [0.15, 0.2) is 35.9 Å². The molecule has 108 valence electrons. The van der Waals surface area contributed by atoms with Gasteiger partial charge in [-0.15, -0.1) is 0 Å². The third kappa shape index (κ3) is 4.51. The number of amides is 2. The summed E-state index contributed by atoms with van der Waals surface area (Å²) in [6.07, 6.45) is 2.63. The summed E-state index contributed by atoms with van der Waals surface area (Å²) in [7, 11) is 0. The minimum Gasteiger partial charge on any atom is -0.351 e. The van der Waals surface area contributed by atoms with Crippen molar-refractivity contribution in [1.29, 1.82) is 0 Å². The number of carbonyl (C=O) groups is 2. The Labute approximate surface area is 119 Å². The number of carbonyl (C=O) groups excluding carboxylic acids is 2. The Kier molecular flexibility index (Phi) is 6.46. The van der Waals surface area contributed by atoms with Gasteiger partial charge in [0.05, 0.1) is 11.3 Å². The van der Waals surface area contributed by atoms with Crippen LogP contribution in [0.3, 0.4) is 0 Å². The number of benzene rings is 1. The molecule has 1 rings (SSSR count). The maximum atomic E-state index is 12.0. The van der Waals surface area contributed by atoms with Crippen molar-refractivity contribution in [3.05, 3.63) is 41.5 Å². The Bertz CT molecular complexity index is 510. The van der Waals surface area contributed by atoms with Crippen LogP contribution in [0.4, 0.5) is 5.69 Å². The van der Waals surface area contributed by atoms with Crippen molar-refractivity contribution in [1.82, 2.24) is 5.32 Å². The molecule has 0 saturated heterocycles. The molecule has 0 aliphatic heterocycles. The van der Waals surface area contributed by atoms with E-state index in [1.807, 2.05) is 13.0 Å². The van der Waals surface area contributed by atoms with Gasteiger partial charge in [-0.05, 0) is 25.5 Å². The number of nitrogens with one attached hydrogen (secondary N) is 2. The van der Waals surface area contributed by atoms with Crippen molar-refractivity contribution < 1.29 is 9.59 Å². The molecule has 20 heavy (non-hydrogen) atoms. The minimum absolute atomic E-state index is 0.203. The summed E-state index contributed by atoms with van der Waals surface area (Å²) in [6.45, 7) is 4.48. The molecule has 5 heteroatoms. The summed E-state index contributed by atoms with van der Waals surface area (Å²) < 4.78 is 0. The van der Waals surface area contributed by atoms with Crippen LogP contribution in [0.5, 0.6) is 0 Å². The van der Waals surface area contributed by atoms with Crippen LogP contribution in [-0.4, -0.2) is 24.9 Å². The lowest BCUT2D eigenvalue weighted by atomic mass is 10.1. The molecule has 1 aromatic carbocycles. The normalized spacial score (nSPS) is 11.1. The lowest BCUT2D eigenvalue weighted by Crippen LogP contribution is -2.30. The molecule has 0 bridgehead atoms. The van der Waals surface area contributed by atoms with E-state index in [-0.39, 0.29) is 11.8 Å². The summed E-state index contributed by atoms with van der Waals surface area (Å²) >= 11 is 0. The van der Waals surface area contributed by atoms with Crippen LogP contribution in [0.1, 0.15) is 30.6 Å². The first-order valence-electron chi connectivity index (χ1n) is 6.65. The van der Waals surface area contributed by atoms with Gasteiger partial charge >= 0.3 is 0 Å². The third-order valence-electron chi connectivity index (χ3n) is 2.72. The fraction of sp³-hybridized carbons (Fsp3) is 0.333. The molecule has 0 fully saturated rings. The Balaban J connectivity index is 2.88. The third-order valence-corrected chi connectivity index (χ3v) is 2.72. The second-order valence-electron chi connectivity index (χ2n) is 4.34. The van der Waals surface area contributed by atoms with Gasteiger partial charge in [-0.1, -0.05) is 25.1 Å². The van der Waals surface area contributed by atoms with Gasteiger partial charge in [0, 0.05) is 18.7 Å². The van der Waals surface area contributed by atoms with Gasteiger partial charge < -0.3 is 16.4 Å². The van der Waals surface area contributed by atoms with Gasteiger partial charge in [0.1, 0.15) is 0 Å². The predicted molar refractivity (Wildman–Crippen MR) is 80.5 cm³/mol. The maximum absolute atomic E-state index is 12.0. The fourth-order valence-electron chi connectivity index (χ4n) is 1.69. The molecule has 0 aromatic heterocycles. The zero-order chi connectivity index (χ0) is 15.0. The maximum Gasteiger partial charge on any atom is 0.253 e. The largest absolute Gasteiger partial charge is 0.351 e. The molecule has 0 radical (unpaired) electrons. The number of anilines is 1. The van der Waals surface area contributed by atoms with E-state index in [9.17, 15) is 9.59 Å². The standard InChI is InChI=1S/C15H21N3O2/c1-3-6-11(2)14(19)18-13-8-5-4-7-12(13)15(20)17-10-9-16/h4-8H,3,9-10,16H2,1-2H3,(H,17,20)(H,18,19)/b11-6-. The molecule has 0 spiro atoms. The van der Waals surface area contributed by atoms with Gasteiger partial charge in [0.2, 0.25) is 0 Å². The Morgan fingerprint density at radius 3 is 2.65 bits per heavy atom.